The molecule has 1 atom stereocenters. The maximum Gasteiger partial charge on any atom is 0.323 e. The second-order valence-corrected chi connectivity index (χ2v) is 9.62. The number of carbonyl (C=O) groups excluding carboxylic acids is 1. The van der Waals surface area contributed by atoms with Gasteiger partial charge >= 0.3 is 5.97 Å². The smallest absolute Gasteiger partial charge is 0.323 e. The van der Waals surface area contributed by atoms with Gasteiger partial charge in [-0.1, -0.05) is 54.1 Å². The van der Waals surface area contributed by atoms with Crippen LogP contribution < -0.4 is 16.2 Å². The van der Waals surface area contributed by atoms with Crippen LogP contribution in [0.25, 0.3) is 0 Å². The van der Waals surface area contributed by atoms with E-state index in [1.807, 2.05) is 24.3 Å². The molecule has 180 valence electrons. The molecule has 11 heteroatoms. The van der Waals surface area contributed by atoms with Crippen LogP contribution in [0.4, 0.5) is 5.82 Å². The number of rotatable bonds is 6. The molecule has 0 bridgehead atoms. The van der Waals surface area contributed by atoms with E-state index in [1.54, 1.807) is 11.8 Å². The monoisotopic (exact) mass is 527 g/mol. The Bertz CT molecular complexity index is 1240. The van der Waals surface area contributed by atoms with Gasteiger partial charge in [0.25, 0.3) is 5.91 Å². The molecule has 0 aliphatic carbocycles. The molecule has 0 spiro atoms. The summed E-state index contributed by atoms with van der Waals surface area (Å²) in [5.41, 5.74) is 9.48. The number of aromatic nitrogens is 1. The summed E-state index contributed by atoms with van der Waals surface area (Å²) in [6.07, 6.45) is 1.32. The highest BCUT2D eigenvalue weighted by Gasteiger charge is 2.24. The van der Waals surface area contributed by atoms with Crippen LogP contribution >= 0.6 is 35.6 Å². The summed E-state index contributed by atoms with van der Waals surface area (Å²) < 4.78 is 0. The number of hydrazine groups is 1. The van der Waals surface area contributed by atoms with Gasteiger partial charge in [0.2, 0.25) is 0 Å². The van der Waals surface area contributed by atoms with E-state index in [0.717, 1.165) is 21.8 Å². The van der Waals surface area contributed by atoms with Crippen molar-refractivity contribution in [3.63, 3.8) is 0 Å². The highest BCUT2D eigenvalue weighted by molar-refractivity contribution is 7.98. The van der Waals surface area contributed by atoms with E-state index in [1.165, 1.54) is 29.8 Å². The van der Waals surface area contributed by atoms with Gasteiger partial charge in [0.15, 0.2) is 10.9 Å². The van der Waals surface area contributed by atoms with Crippen LogP contribution in [-0.4, -0.2) is 45.6 Å². The molecular weight excluding hydrogens is 506 g/mol. The number of halogens is 1. The predicted octanol–water partition coefficient (Wildman–Crippen LogP) is 4.08. The van der Waals surface area contributed by atoms with Gasteiger partial charge in [0, 0.05) is 23.9 Å². The molecule has 8 nitrogen and oxygen atoms in total. The summed E-state index contributed by atoms with van der Waals surface area (Å²) in [6.45, 7) is -0.427. The van der Waals surface area contributed by atoms with Gasteiger partial charge in [0.05, 0.1) is 16.6 Å². The van der Waals surface area contributed by atoms with Crippen molar-refractivity contribution in [1.82, 2.24) is 20.6 Å². The number of anilines is 1. The normalized spacial score (nSPS) is 14.1. The Morgan fingerprint density at radius 2 is 1.91 bits per heavy atom. The SMILES string of the molecule is CN(CC(=O)O)C(=O)c1cnc(NNC(=S)NC2c3ccccc3CSc3ccccc32)c(Cl)c1. The Morgan fingerprint density at radius 3 is 2.66 bits per heavy atom. The van der Waals surface area contributed by atoms with Gasteiger partial charge in [-0.2, -0.15) is 0 Å². The molecule has 1 aliphatic heterocycles. The molecule has 2 aromatic carbocycles. The van der Waals surface area contributed by atoms with Crippen molar-refractivity contribution < 1.29 is 14.7 Å². The zero-order chi connectivity index (χ0) is 24.9. The number of fused-ring (bicyclic) bond motifs is 2. The van der Waals surface area contributed by atoms with Crippen LogP contribution in [0.5, 0.6) is 0 Å². The Balaban J connectivity index is 1.46. The van der Waals surface area contributed by atoms with Crippen LogP contribution in [0.15, 0.2) is 65.7 Å². The molecule has 1 amide bonds. The first-order chi connectivity index (χ1) is 16.8. The average molecular weight is 528 g/mol. The number of carboxylic acid groups (broad SMARTS) is 1. The lowest BCUT2D eigenvalue weighted by Gasteiger charge is -2.23. The minimum atomic E-state index is -1.11. The second-order valence-electron chi connectivity index (χ2n) is 7.79. The number of carbonyl (C=O) groups is 2. The summed E-state index contributed by atoms with van der Waals surface area (Å²) in [6, 6.07) is 17.8. The number of pyridine rings is 1. The fourth-order valence-corrected chi connectivity index (χ4v) is 5.19. The van der Waals surface area contributed by atoms with Crippen molar-refractivity contribution in [2.24, 2.45) is 0 Å². The lowest BCUT2D eigenvalue weighted by atomic mass is 9.95. The van der Waals surface area contributed by atoms with E-state index >= 15 is 0 Å². The number of aliphatic carboxylic acids is 1. The number of likely N-dealkylation sites (N-methyl/N-ethyl adjacent to an activating group) is 1. The Labute approximate surface area is 217 Å². The second kappa shape index (κ2) is 10.9. The first-order valence-electron chi connectivity index (χ1n) is 10.6. The number of thiocarbonyl (C=S) groups is 1. The van der Waals surface area contributed by atoms with Crippen LogP contribution in [0.1, 0.15) is 33.1 Å². The molecule has 0 saturated carbocycles. The molecule has 35 heavy (non-hydrogen) atoms. The van der Waals surface area contributed by atoms with Gasteiger partial charge in [0.1, 0.15) is 6.54 Å². The van der Waals surface area contributed by atoms with Crippen molar-refractivity contribution in [3.8, 4) is 0 Å². The van der Waals surface area contributed by atoms with Crippen molar-refractivity contribution in [3.05, 3.63) is 88.1 Å². The highest BCUT2D eigenvalue weighted by Crippen LogP contribution is 2.39. The Hall–Kier alpha value is -3.34. The van der Waals surface area contributed by atoms with Gasteiger partial charge < -0.3 is 15.3 Å². The minimum Gasteiger partial charge on any atom is -0.480 e. The van der Waals surface area contributed by atoms with Crippen molar-refractivity contribution >= 4 is 58.4 Å². The molecule has 4 rings (SSSR count). The number of hydrogen-bond donors (Lipinski definition) is 4. The largest absolute Gasteiger partial charge is 0.480 e. The fraction of sp³-hybridized carbons (Fsp3) is 0.167. The number of thioether (sulfide) groups is 1. The molecule has 0 radical (unpaired) electrons. The summed E-state index contributed by atoms with van der Waals surface area (Å²) >= 11 is 13.6. The van der Waals surface area contributed by atoms with Crippen molar-refractivity contribution in [2.45, 2.75) is 16.7 Å². The number of amides is 1. The molecular formula is C24H22ClN5O3S2. The molecule has 2 heterocycles. The quantitative estimate of drug-likeness (QED) is 0.278. The average Bonchev–Trinajstić information content (AvgIpc) is 2.99. The topological polar surface area (TPSA) is 107 Å². The fourth-order valence-electron chi connectivity index (χ4n) is 3.70. The minimum absolute atomic E-state index is 0.146. The standard InChI is InChI=1S/C24H22ClN5O3S2/c1-30(12-20(31)32)23(33)15-10-18(25)22(26-11-15)28-29-24(34)27-21-16-7-3-2-6-14(16)13-35-19-9-5-4-8-17(19)21/h2-11,21H,12-13H2,1H3,(H,26,28)(H,31,32)(H2,27,29,34). The Kier molecular flexibility index (Phi) is 7.74. The molecule has 4 N–H and O–H groups in total. The number of hydrogen-bond acceptors (Lipinski definition) is 6. The molecule has 1 aromatic heterocycles. The number of nitrogens with one attached hydrogen (secondary N) is 3. The van der Waals surface area contributed by atoms with Gasteiger partial charge in [-0.05, 0) is 41.0 Å². The third-order valence-corrected chi connectivity index (χ3v) is 7.00. The lowest BCUT2D eigenvalue weighted by Crippen LogP contribution is -2.41. The van der Waals surface area contributed by atoms with E-state index in [4.69, 9.17) is 28.9 Å². The third-order valence-electron chi connectivity index (χ3n) is 5.36. The summed E-state index contributed by atoms with van der Waals surface area (Å²) in [5.74, 6) is -0.468. The van der Waals surface area contributed by atoms with E-state index < -0.39 is 18.4 Å². The number of carboxylic acids is 1. The zero-order valence-corrected chi connectivity index (χ0v) is 21.0. The first kappa shape index (κ1) is 24.8. The predicted molar refractivity (Wildman–Crippen MR) is 141 cm³/mol. The van der Waals surface area contributed by atoms with Gasteiger partial charge in [-0.25, -0.2) is 4.98 Å². The molecule has 1 aliphatic rings. The summed E-state index contributed by atoms with van der Waals surface area (Å²) in [5, 5.41) is 12.8. The maximum absolute atomic E-state index is 12.4. The maximum atomic E-state index is 12.4. The first-order valence-corrected chi connectivity index (χ1v) is 12.4. The van der Waals surface area contributed by atoms with E-state index in [9.17, 15) is 9.59 Å². The van der Waals surface area contributed by atoms with Gasteiger partial charge in [-0.15, -0.1) is 11.8 Å². The van der Waals surface area contributed by atoms with E-state index in [2.05, 4.69) is 45.4 Å². The van der Waals surface area contributed by atoms with Crippen LogP contribution in [0, 0.1) is 0 Å². The summed E-state index contributed by atoms with van der Waals surface area (Å²) in [4.78, 5) is 29.6. The number of nitrogens with zero attached hydrogens (tertiary/aromatic N) is 2. The van der Waals surface area contributed by atoms with Crippen molar-refractivity contribution in [2.75, 3.05) is 19.0 Å². The van der Waals surface area contributed by atoms with E-state index in [-0.39, 0.29) is 22.4 Å². The van der Waals surface area contributed by atoms with Crippen molar-refractivity contribution in [1.29, 1.82) is 0 Å². The van der Waals surface area contributed by atoms with E-state index in [0.29, 0.717) is 5.11 Å². The summed E-state index contributed by atoms with van der Waals surface area (Å²) in [7, 11) is 1.39. The number of benzene rings is 2. The molecule has 0 saturated heterocycles. The molecule has 3 aromatic rings. The third kappa shape index (κ3) is 5.84. The van der Waals surface area contributed by atoms with Crippen LogP contribution in [0.2, 0.25) is 5.02 Å². The molecule has 0 fully saturated rings. The van der Waals surface area contributed by atoms with Crippen LogP contribution in [-0.2, 0) is 10.5 Å². The lowest BCUT2D eigenvalue weighted by molar-refractivity contribution is -0.137. The highest BCUT2D eigenvalue weighted by atomic mass is 35.5. The zero-order valence-electron chi connectivity index (χ0n) is 18.6. The molecule has 1 unspecified atom stereocenters. The Morgan fingerprint density at radius 1 is 1.20 bits per heavy atom. The van der Waals surface area contributed by atoms with Crippen LogP contribution in [0.3, 0.4) is 0 Å². The van der Waals surface area contributed by atoms with Gasteiger partial charge in [-0.3, -0.25) is 20.4 Å².